The van der Waals surface area contributed by atoms with Gasteiger partial charge in [0.15, 0.2) is 0 Å². The van der Waals surface area contributed by atoms with Gasteiger partial charge in [-0.05, 0) is 100 Å². The van der Waals surface area contributed by atoms with Crippen LogP contribution < -0.4 is 20.7 Å². The second kappa shape index (κ2) is 37.5. The number of rotatable bonds is 40. The maximum atomic E-state index is 11.3. The monoisotopic (exact) mass is 1440 g/mol. The minimum Gasteiger partial charge on any atom is -0.387 e. The van der Waals surface area contributed by atoms with Gasteiger partial charge in [0.2, 0.25) is 0 Å². The standard InChI is InChI=1S/C88H128N4O4Si5/c1-69(85(93)77-33-21-17-22-34-77)89(5)65-73-41-49-81(50-42-73)97(9,10)57-29-61-101(62-30-58-98(11,12)82-51-43-74(44-52-82)66-90(6)70(2)86(94)78-35-23-18-24-36-78,63-31-59-99(13,14)83-53-45-75(46-54-83)67-91(7)71(3)87(95)79-37-25-19-26-38-79)64-32-60-100(15,16)84-55-47-76(48-56-84)68-92(8)72(4)88(96)80-39-27-20-28-40-80/h17-28,33-56,69-72,85-88,93-96H,29-32,57-68H2,1-16H3/t69-,70-,71-,72-,85-,86-,87-,88-/m0/s1. The van der Waals surface area contributed by atoms with Crippen molar-refractivity contribution in [3.8, 4) is 0 Å². The molecule has 0 aliphatic heterocycles. The van der Waals surface area contributed by atoms with Crippen LogP contribution in [0.3, 0.4) is 0 Å². The third-order valence-electron chi connectivity index (χ3n) is 23.9. The van der Waals surface area contributed by atoms with E-state index in [-0.39, 0.29) is 24.2 Å². The zero-order valence-corrected chi connectivity index (χ0v) is 69.8. The van der Waals surface area contributed by atoms with Gasteiger partial charge >= 0.3 is 0 Å². The van der Waals surface area contributed by atoms with E-state index in [4.69, 9.17) is 0 Å². The average molecular weight is 1450 g/mol. The molecule has 544 valence electrons. The van der Waals surface area contributed by atoms with Crippen LogP contribution in [0, 0.1) is 0 Å². The molecule has 0 bridgehead atoms. The Balaban J connectivity index is 1.02. The first-order chi connectivity index (χ1) is 48.0. The lowest BCUT2D eigenvalue weighted by Gasteiger charge is -2.37. The van der Waals surface area contributed by atoms with Crippen LogP contribution in [0.1, 0.15) is 122 Å². The summed E-state index contributed by atoms with van der Waals surface area (Å²) in [6.45, 7) is 32.7. The molecule has 8 rings (SSSR count). The van der Waals surface area contributed by atoms with Gasteiger partial charge in [0.25, 0.3) is 0 Å². The van der Waals surface area contributed by atoms with Crippen LogP contribution in [0.25, 0.3) is 0 Å². The highest BCUT2D eigenvalue weighted by molar-refractivity contribution is 6.91. The number of aliphatic hydroxyl groups is 4. The summed E-state index contributed by atoms with van der Waals surface area (Å²) in [5.41, 5.74) is 9.00. The van der Waals surface area contributed by atoms with Crippen molar-refractivity contribution in [2.45, 2.75) is 229 Å². The highest BCUT2D eigenvalue weighted by Gasteiger charge is 2.37. The predicted molar refractivity (Wildman–Crippen MR) is 446 cm³/mol. The van der Waals surface area contributed by atoms with Crippen molar-refractivity contribution in [3.63, 3.8) is 0 Å². The first kappa shape index (κ1) is 81.2. The van der Waals surface area contributed by atoms with Crippen molar-refractivity contribution in [2.75, 3.05) is 28.2 Å². The minimum atomic E-state index is -1.90. The van der Waals surface area contributed by atoms with Crippen molar-refractivity contribution in [3.05, 3.63) is 263 Å². The zero-order valence-electron chi connectivity index (χ0n) is 64.8. The normalized spacial score (nSPS) is 15.2. The van der Waals surface area contributed by atoms with E-state index in [2.05, 4.69) is 225 Å². The molecule has 8 aromatic carbocycles. The molecule has 0 heterocycles. The predicted octanol–water partition coefficient (Wildman–Crippen LogP) is 17.7. The lowest BCUT2D eigenvalue weighted by atomic mass is 10.0. The van der Waals surface area contributed by atoms with E-state index >= 15 is 0 Å². The molecule has 0 aliphatic carbocycles. The lowest BCUT2D eigenvalue weighted by Crippen LogP contribution is -2.44. The fourth-order valence-electron chi connectivity index (χ4n) is 15.6. The smallest absolute Gasteiger partial charge is 0.0942 e. The van der Waals surface area contributed by atoms with Crippen LogP contribution in [0.2, 0.25) is 101 Å². The van der Waals surface area contributed by atoms with E-state index in [0.29, 0.717) is 0 Å². The molecule has 0 aliphatic rings. The third kappa shape index (κ3) is 23.3. The minimum absolute atomic E-state index is 0.0224. The summed E-state index contributed by atoms with van der Waals surface area (Å²) in [7, 11) is -0.674. The average Bonchev–Trinajstić information content (AvgIpc) is 1.04. The molecule has 8 aromatic rings. The summed E-state index contributed by atoms with van der Waals surface area (Å²) >= 11 is 0. The van der Waals surface area contributed by atoms with Gasteiger partial charge in [-0.3, -0.25) is 19.6 Å². The second-order valence-corrected chi connectivity index (χ2v) is 57.7. The van der Waals surface area contributed by atoms with Gasteiger partial charge in [0, 0.05) is 50.3 Å². The molecule has 0 amide bonds. The van der Waals surface area contributed by atoms with Crippen LogP contribution >= 0.6 is 0 Å². The number of likely N-dealkylation sites (N-methyl/N-ethyl adjacent to an activating group) is 4. The van der Waals surface area contributed by atoms with Crippen molar-refractivity contribution in [1.29, 1.82) is 0 Å². The van der Waals surface area contributed by atoms with Crippen molar-refractivity contribution in [2.24, 2.45) is 0 Å². The number of aliphatic hydroxyl groups excluding tert-OH is 4. The van der Waals surface area contributed by atoms with E-state index in [1.54, 1.807) is 20.7 Å². The molecular formula is C88H128N4O4Si5. The number of hydrogen-bond acceptors (Lipinski definition) is 8. The van der Waals surface area contributed by atoms with E-state index in [1.807, 2.05) is 121 Å². The summed E-state index contributed by atoms with van der Waals surface area (Å²) in [4.78, 5) is 9.13. The summed E-state index contributed by atoms with van der Waals surface area (Å²) in [6.07, 6.45) is 3.02. The van der Waals surface area contributed by atoms with Gasteiger partial charge < -0.3 is 20.4 Å². The van der Waals surface area contributed by atoms with Gasteiger partial charge in [0.1, 0.15) is 0 Å². The molecule has 0 saturated heterocycles. The number of nitrogens with zero attached hydrogens (tertiary/aromatic N) is 4. The van der Waals surface area contributed by atoms with Crippen LogP contribution in [-0.2, 0) is 26.2 Å². The molecule has 8 nitrogen and oxygen atoms in total. The Morgan fingerprint density at radius 2 is 0.416 bits per heavy atom. The topological polar surface area (TPSA) is 93.9 Å². The van der Waals surface area contributed by atoms with E-state index < -0.39 is 64.8 Å². The second-order valence-electron chi connectivity index (χ2n) is 33.3. The Labute approximate surface area is 617 Å². The summed E-state index contributed by atoms with van der Waals surface area (Å²) in [5.74, 6) is 0. The zero-order chi connectivity index (χ0) is 73.1. The van der Waals surface area contributed by atoms with E-state index in [1.165, 1.54) is 96.3 Å². The first-order valence-corrected chi connectivity index (χ1v) is 53.7. The first-order valence-electron chi connectivity index (χ1n) is 38.1. The van der Waals surface area contributed by atoms with Gasteiger partial charge in [-0.25, -0.2) is 0 Å². The Hall–Kier alpha value is -5.48. The molecule has 0 saturated carbocycles. The van der Waals surface area contributed by atoms with E-state index in [0.717, 1.165) is 48.4 Å². The summed E-state index contributed by atoms with van der Waals surface area (Å²) in [6, 6.07) is 89.5. The molecule has 101 heavy (non-hydrogen) atoms. The van der Waals surface area contributed by atoms with Gasteiger partial charge in [-0.15, -0.1) is 0 Å². The largest absolute Gasteiger partial charge is 0.387 e. The summed E-state index contributed by atoms with van der Waals surface area (Å²) in [5, 5.41) is 51.4. The summed E-state index contributed by atoms with van der Waals surface area (Å²) < 4.78 is 0. The molecule has 4 N–H and O–H groups in total. The molecule has 0 unspecified atom stereocenters. The van der Waals surface area contributed by atoms with Crippen LogP contribution in [0.15, 0.2) is 218 Å². The molecular weight excluding hydrogens is 1320 g/mol. The highest BCUT2D eigenvalue weighted by atomic mass is 28.3. The fourth-order valence-corrected chi connectivity index (χ4v) is 31.9. The molecule has 0 fully saturated rings. The molecule has 0 aromatic heterocycles. The molecule has 13 heteroatoms. The Bertz CT molecular complexity index is 3190. The maximum Gasteiger partial charge on any atom is 0.0942 e. The van der Waals surface area contributed by atoms with Gasteiger partial charge in [-0.1, -0.05) is 366 Å². The Morgan fingerprint density at radius 3 is 0.584 bits per heavy atom. The van der Waals surface area contributed by atoms with Crippen LogP contribution in [0.5, 0.6) is 0 Å². The van der Waals surface area contributed by atoms with E-state index in [9.17, 15) is 20.4 Å². The molecule has 0 spiro atoms. The molecule has 0 radical (unpaired) electrons. The Kier molecular flexibility index (Phi) is 30.1. The van der Waals surface area contributed by atoms with Crippen LogP contribution in [0.4, 0.5) is 0 Å². The number of hydrogen-bond donors (Lipinski definition) is 4. The quantitative estimate of drug-likeness (QED) is 0.0282. The maximum absolute atomic E-state index is 11.3. The lowest BCUT2D eigenvalue weighted by molar-refractivity contribution is 0.0687. The van der Waals surface area contributed by atoms with Crippen molar-refractivity contribution >= 4 is 61.1 Å². The third-order valence-corrected chi connectivity index (χ3v) is 43.5. The fraction of sp³-hybridized carbons (Fsp3) is 0.455. The SMILES string of the molecule is C[C@@H]([C@H](O)c1ccccc1)N(C)Cc1ccc([Si](C)(C)CCC[Si](CCC[Si](C)(C)c2ccc(CN(C)[C@@H](C)[C@H](O)c3ccccc3)cc2)(CCC[Si](C)(C)c2ccc(CN(C)[C@@H](C)[C@H](O)c3ccccc3)cc2)CCC[Si](C)(C)c2ccc(CN(C)[C@@H](C)[C@H](O)c3ccccc3)cc2)cc1. The van der Waals surface area contributed by atoms with Gasteiger partial charge in [-0.2, -0.15) is 0 Å². The Morgan fingerprint density at radius 1 is 0.248 bits per heavy atom. The number of benzene rings is 8. The van der Waals surface area contributed by atoms with Crippen molar-refractivity contribution < 1.29 is 20.4 Å². The van der Waals surface area contributed by atoms with Crippen LogP contribution in [-0.4, -0.2) is 133 Å². The van der Waals surface area contributed by atoms with Crippen molar-refractivity contribution in [1.82, 2.24) is 19.6 Å². The van der Waals surface area contributed by atoms with Gasteiger partial charge in [0.05, 0.1) is 64.8 Å². The highest BCUT2D eigenvalue weighted by Crippen LogP contribution is 2.38. The molecule has 8 atom stereocenters.